The van der Waals surface area contributed by atoms with Crippen LogP contribution < -0.4 is 9.47 Å². The van der Waals surface area contributed by atoms with Gasteiger partial charge in [-0.05, 0) is 43.3 Å². The molecule has 0 aliphatic carbocycles. The number of carbonyl (C=O) groups excluding carboxylic acids is 1. The first-order valence-electron chi connectivity index (χ1n) is 8.60. The van der Waals surface area contributed by atoms with Crippen LogP contribution in [0, 0.1) is 0 Å². The van der Waals surface area contributed by atoms with Gasteiger partial charge in [0.25, 0.3) is 0 Å². The Balaban J connectivity index is 1.64. The highest BCUT2D eigenvalue weighted by molar-refractivity contribution is 8.00. The molecule has 0 saturated carbocycles. The predicted molar refractivity (Wildman–Crippen MR) is 109 cm³/mol. The van der Waals surface area contributed by atoms with E-state index in [2.05, 4.69) is 10.2 Å². The fourth-order valence-corrected chi connectivity index (χ4v) is 3.58. The summed E-state index contributed by atoms with van der Waals surface area (Å²) in [5.74, 6) is 1.97. The number of thioether (sulfide) groups is 1. The predicted octanol–water partition coefficient (Wildman–Crippen LogP) is 4.42. The summed E-state index contributed by atoms with van der Waals surface area (Å²) in [6.45, 7) is 2.08. The minimum absolute atomic E-state index is 0.0181. The third kappa shape index (κ3) is 4.66. The van der Waals surface area contributed by atoms with Gasteiger partial charge < -0.3 is 14.0 Å². The molecule has 0 radical (unpaired) electrons. The second kappa shape index (κ2) is 9.12. The van der Waals surface area contributed by atoms with Crippen molar-refractivity contribution in [2.24, 2.45) is 7.05 Å². The molecule has 3 aromatic rings. The zero-order valence-corrected chi connectivity index (χ0v) is 17.3. The van der Waals surface area contributed by atoms with E-state index in [-0.39, 0.29) is 17.6 Å². The second-order valence-electron chi connectivity index (χ2n) is 6.03. The van der Waals surface area contributed by atoms with E-state index < -0.39 is 0 Å². The first kappa shape index (κ1) is 20.2. The molecule has 1 aromatic heterocycles. The summed E-state index contributed by atoms with van der Waals surface area (Å²) in [4.78, 5) is 12.7. The van der Waals surface area contributed by atoms with Crippen LogP contribution in [-0.4, -0.2) is 32.9 Å². The highest BCUT2D eigenvalue weighted by Crippen LogP contribution is 2.27. The molecule has 0 bridgehead atoms. The molecule has 0 fully saturated rings. The molecule has 1 atom stereocenters. The lowest BCUT2D eigenvalue weighted by Gasteiger charge is -2.11. The number of ether oxygens (including phenoxy) is 2. The van der Waals surface area contributed by atoms with Crippen LogP contribution in [0.2, 0.25) is 5.02 Å². The van der Waals surface area contributed by atoms with Gasteiger partial charge in [0.15, 0.2) is 16.8 Å². The molecule has 0 saturated heterocycles. The normalized spacial score (nSPS) is 11.9. The van der Waals surface area contributed by atoms with E-state index in [4.69, 9.17) is 21.1 Å². The van der Waals surface area contributed by atoms with Crippen LogP contribution in [0.25, 0.3) is 0 Å². The van der Waals surface area contributed by atoms with Crippen molar-refractivity contribution >= 4 is 29.1 Å². The van der Waals surface area contributed by atoms with E-state index in [0.717, 1.165) is 0 Å². The number of halogens is 1. The Morgan fingerprint density at radius 3 is 2.57 bits per heavy atom. The lowest BCUT2D eigenvalue weighted by Crippen LogP contribution is -2.14. The van der Waals surface area contributed by atoms with Crippen molar-refractivity contribution in [3.8, 4) is 11.5 Å². The molecule has 0 unspecified atom stereocenters. The van der Waals surface area contributed by atoms with Gasteiger partial charge in [-0.3, -0.25) is 4.79 Å². The van der Waals surface area contributed by atoms with Crippen molar-refractivity contribution in [1.82, 2.24) is 14.8 Å². The lowest BCUT2D eigenvalue weighted by molar-refractivity contribution is 0.0994. The SMILES string of the molecule is COc1ccc(C(=O)[C@H](C)Sc2nnc(COc3ccccc3Cl)n2C)cc1. The van der Waals surface area contributed by atoms with Crippen LogP contribution in [0.15, 0.2) is 53.7 Å². The number of Topliss-reactive ketones (excluding diaryl/α,β-unsaturated/α-hetero) is 1. The van der Waals surface area contributed by atoms with Crippen molar-refractivity contribution in [2.75, 3.05) is 7.11 Å². The number of methoxy groups -OCH3 is 1. The van der Waals surface area contributed by atoms with Crippen molar-refractivity contribution in [3.05, 3.63) is 64.9 Å². The highest BCUT2D eigenvalue weighted by atomic mass is 35.5. The number of para-hydroxylation sites is 1. The van der Waals surface area contributed by atoms with Gasteiger partial charge in [-0.25, -0.2) is 0 Å². The maximum Gasteiger partial charge on any atom is 0.191 e. The van der Waals surface area contributed by atoms with E-state index in [1.807, 2.05) is 30.7 Å². The van der Waals surface area contributed by atoms with Crippen LogP contribution >= 0.6 is 23.4 Å². The third-order valence-electron chi connectivity index (χ3n) is 4.14. The number of hydrogen-bond donors (Lipinski definition) is 0. The first-order chi connectivity index (χ1) is 13.5. The summed E-state index contributed by atoms with van der Waals surface area (Å²) >= 11 is 7.45. The number of aromatic nitrogens is 3. The molecule has 2 aromatic carbocycles. The van der Waals surface area contributed by atoms with Crippen LogP contribution in [0.5, 0.6) is 11.5 Å². The number of nitrogens with zero attached hydrogens (tertiary/aromatic N) is 3. The largest absolute Gasteiger partial charge is 0.497 e. The van der Waals surface area contributed by atoms with Gasteiger partial charge in [0.1, 0.15) is 18.1 Å². The second-order valence-corrected chi connectivity index (χ2v) is 7.74. The Morgan fingerprint density at radius 2 is 1.89 bits per heavy atom. The van der Waals surface area contributed by atoms with Gasteiger partial charge in [0.05, 0.1) is 17.4 Å². The molecule has 8 heteroatoms. The fourth-order valence-electron chi connectivity index (χ4n) is 2.48. The fraction of sp³-hybridized carbons (Fsp3) is 0.250. The molecule has 0 amide bonds. The van der Waals surface area contributed by atoms with E-state index in [1.54, 1.807) is 43.5 Å². The standard InChI is InChI=1S/C20H20ClN3O3S/c1-13(19(25)14-8-10-15(26-3)11-9-14)28-20-23-22-18(24(20)2)12-27-17-7-5-4-6-16(17)21/h4-11,13H,12H2,1-3H3/t13-/m0/s1. The molecular formula is C20H20ClN3O3S. The van der Waals surface area contributed by atoms with Gasteiger partial charge in [0.2, 0.25) is 0 Å². The average Bonchev–Trinajstić information content (AvgIpc) is 3.06. The molecule has 146 valence electrons. The van der Waals surface area contributed by atoms with Crippen molar-refractivity contribution in [1.29, 1.82) is 0 Å². The Morgan fingerprint density at radius 1 is 1.18 bits per heavy atom. The first-order valence-corrected chi connectivity index (χ1v) is 9.86. The Bertz CT molecular complexity index is 960. The number of carbonyl (C=O) groups is 1. The summed E-state index contributed by atoms with van der Waals surface area (Å²) in [6.07, 6.45) is 0. The average molecular weight is 418 g/mol. The van der Waals surface area contributed by atoms with Gasteiger partial charge in [-0.2, -0.15) is 0 Å². The lowest BCUT2D eigenvalue weighted by atomic mass is 10.1. The van der Waals surface area contributed by atoms with Crippen molar-refractivity contribution in [3.63, 3.8) is 0 Å². The zero-order valence-electron chi connectivity index (χ0n) is 15.8. The van der Waals surface area contributed by atoms with E-state index >= 15 is 0 Å². The quantitative estimate of drug-likeness (QED) is 0.399. The van der Waals surface area contributed by atoms with Crippen LogP contribution in [0.4, 0.5) is 0 Å². The maximum absolute atomic E-state index is 12.7. The monoisotopic (exact) mass is 417 g/mol. The topological polar surface area (TPSA) is 66.2 Å². The van der Waals surface area contributed by atoms with Gasteiger partial charge in [-0.15, -0.1) is 10.2 Å². The molecule has 3 rings (SSSR count). The summed E-state index contributed by atoms with van der Waals surface area (Å²) < 4.78 is 12.7. The minimum atomic E-state index is -0.311. The van der Waals surface area contributed by atoms with Crippen molar-refractivity contribution < 1.29 is 14.3 Å². The number of ketones is 1. The Kier molecular flexibility index (Phi) is 6.59. The minimum Gasteiger partial charge on any atom is -0.497 e. The summed E-state index contributed by atoms with van der Waals surface area (Å²) in [5, 5.41) is 9.22. The zero-order chi connectivity index (χ0) is 20.1. The smallest absolute Gasteiger partial charge is 0.191 e. The molecule has 0 aliphatic rings. The van der Waals surface area contributed by atoms with Gasteiger partial charge in [-0.1, -0.05) is 35.5 Å². The van der Waals surface area contributed by atoms with Crippen LogP contribution in [-0.2, 0) is 13.7 Å². The Labute approximate surface area is 172 Å². The number of benzene rings is 2. The van der Waals surface area contributed by atoms with Gasteiger partial charge >= 0.3 is 0 Å². The molecule has 0 aliphatic heterocycles. The molecular weight excluding hydrogens is 398 g/mol. The molecule has 28 heavy (non-hydrogen) atoms. The highest BCUT2D eigenvalue weighted by Gasteiger charge is 2.20. The summed E-state index contributed by atoms with van der Waals surface area (Å²) in [6, 6.07) is 14.3. The van der Waals surface area contributed by atoms with Gasteiger partial charge in [0, 0.05) is 12.6 Å². The number of hydrogen-bond acceptors (Lipinski definition) is 6. The van der Waals surface area contributed by atoms with Crippen LogP contribution in [0.3, 0.4) is 0 Å². The Hall–Kier alpha value is -2.51. The van der Waals surface area contributed by atoms with E-state index in [9.17, 15) is 4.79 Å². The maximum atomic E-state index is 12.7. The van der Waals surface area contributed by atoms with Crippen molar-refractivity contribution in [2.45, 2.75) is 23.9 Å². The molecule has 1 heterocycles. The summed E-state index contributed by atoms with van der Waals surface area (Å²) in [5.41, 5.74) is 0.630. The molecule has 0 N–H and O–H groups in total. The third-order valence-corrected chi connectivity index (χ3v) is 5.59. The number of rotatable bonds is 8. The summed E-state index contributed by atoms with van der Waals surface area (Å²) in [7, 11) is 3.44. The van der Waals surface area contributed by atoms with E-state index in [1.165, 1.54) is 11.8 Å². The van der Waals surface area contributed by atoms with Crippen LogP contribution in [0.1, 0.15) is 23.1 Å². The molecule has 0 spiro atoms. The molecule has 6 nitrogen and oxygen atoms in total. The van der Waals surface area contributed by atoms with E-state index in [0.29, 0.717) is 33.1 Å².